The van der Waals surface area contributed by atoms with Crippen molar-refractivity contribution in [1.82, 2.24) is 19.4 Å². The summed E-state index contributed by atoms with van der Waals surface area (Å²) in [4.78, 5) is 21.3. The number of hydrogen-bond acceptors (Lipinski definition) is 5. The van der Waals surface area contributed by atoms with Crippen LogP contribution < -0.4 is 14.2 Å². The Bertz CT molecular complexity index is 1590. The molecule has 1 saturated heterocycles. The molecule has 0 aliphatic carbocycles. The number of fused-ring (bicyclic) bond motifs is 5. The summed E-state index contributed by atoms with van der Waals surface area (Å²) < 4.78 is 20.0. The van der Waals surface area contributed by atoms with Crippen molar-refractivity contribution in [2.45, 2.75) is 51.1 Å². The lowest BCUT2D eigenvalue weighted by atomic mass is 9.92. The molecule has 0 saturated carbocycles. The van der Waals surface area contributed by atoms with Gasteiger partial charge in [0, 0.05) is 47.9 Å². The Labute approximate surface area is 234 Å². The van der Waals surface area contributed by atoms with Crippen LogP contribution >= 0.6 is 0 Å². The van der Waals surface area contributed by atoms with Crippen molar-refractivity contribution in [3.63, 3.8) is 0 Å². The lowest BCUT2D eigenvalue weighted by Gasteiger charge is -2.34. The fraction of sp³-hybridized carbons (Fsp3) is 0.406. The average molecular weight is 541 g/mol. The number of ether oxygens (including phenoxy) is 3. The van der Waals surface area contributed by atoms with Gasteiger partial charge in [-0.2, -0.15) is 0 Å². The van der Waals surface area contributed by atoms with Crippen LogP contribution in [0.25, 0.3) is 10.9 Å². The van der Waals surface area contributed by atoms with Gasteiger partial charge < -0.3 is 33.6 Å². The Hall–Kier alpha value is -3.91. The SMILES string of the molecule is CC(C)c1cc(OC(=O)N(C)C2CCN(C)CC2)c2n1C(c1ccc3c(c1)OCO3)c1[nH]c3ccccc3c1C2. The van der Waals surface area contributed by atoms with E-state index in [0.29, 0.717) is 12.2 Å². The highest BCUT2D eigenvalue weighted by Gasteiger charge is 2.36. The number of nitrogens with zero attached hydrogens (tertiary/aromatic N) is 3. The van der Waals surface area contributed by atoms with Gasteiger partial charge in [0.25, 0.3) is 0 Å². The van der Waals surface area contributed by atoms with Crippen LogP contribution in [0.4, 0.5) is 4.79 Å². The average Bonchev–Trinajstić information content (AvgIpc) is 3.67. The molecular formula is C32H36N4O4. The fourth-order valence-electron chi connectivity index (χ4n) is 6.61. The highest BCUT2D eigenvalue weighted by molar-refractivity contribution is 5.86. The number of rotatable bonds is 4. The molecule has 0 radical (unpaired) electrons. The third kappa shape index (κ3) is 4.04. The maximum atomic E-state index is 13.5. The van der Waals surface area contributed by atoms with E-state index in [-0.39, 0.29) is 30.9 Å². The third-order valence-electron chi connectivity index (χ3n) is 8.88. The van der Waals surface area contributed by atoms with Gasteiger partial charge in [-0.25, -0.2) is 4.79 Å². The molecule has 1 fully saturated rings. The van der Waals surface area contributed by atoms with Gasteiger partial charge in [-0.1, -0.05) is 38.1 Å². The minimum absolute atomic E-state index is 0.128. The zero-order valence-corrected chi connectivity index (χ0v) is 23.6. The van der Waals surface area contributed by atoms with E-state index in [1.54, 1.807) is 4.90 Å². The van der Waals surface area contributed by atoms with Gasteiger partial charge >= 0.3 is 6.09 Å². The summed E-state index contributed by atoms with van der Waals surface area (Å²) in [5.41, 5.74) is 6.75. The second-order valence-corrected chi connectivity index (χ2v) is 11.7. The van der Waals surface area contributed by atoms with E-state index in [4.69, 9.17) is 14.2 Å². The number of para-hydroxylation sites is 1. The maximum Gasteiger partial charge on any atom is 0.415 e. The number of amides is 1. The van der Waals surface area contributed by atoms with Crippen molar-refractivity contribution in [1.29, 1.82) is 0 Å². The van der Waals surface area contributed by atoms with Gasteiger partial charge in [-0.05, 0) is 68.2 Å². The molecule has 0 spiro atoms. The van der Waals surface area contributed by atoms with Crippen molar-refractivity contribution in [2.24, 2.45) is 0 Å². The van der Waals surface area contributed by atoms with Crippen LogP contribution in [0.15, 0.2) is 48.5 Å². The molecule has 7 rings (SSSR count). The Morgan fingerprint density at radius 2 is 1.85 bits per heavy atom. The number of H-pyrrole nitrogens is 1. The number of aromatic nitrogens is 2. The van der Waals surface area contributed by atoms with Gasteiger partial charge in [0.2, 0.25) is 6.79 Å². The third-order valence-corrected chi connectivity index (χ3v) is 8.88. The summed E-state index contributed by atoms with van der Waals surface area (Å²) in [6, 6.07) is 16.8. The van der Waals surface area contributed by atoms with Crippen LogP contribution in [-0.2, 0) is 6.42 Å². The van der Waals surface area contributed by atoms with Crippen molar-refractivity contribution >= 4 is 17.0 Å². The highest BCUT2D eigenvalue weighted by Crippen LogP contribution is 2.47. The van der Waals surface area contributed by atoms with Crippen molar-refractivity contribution in [3.8, 4) is 17.2 Å². The van der Waals surface area contributed by atoms with Gasteiger partial charge in [0.15, 0.2) is 17.2 Å². The molecule has 2 aromatic carbocycles. The summed E-state index contributed by atoms with van der Waals surface area (Å²) in [5.74, 6) is 2.39. The molecule has 3 aliphatic heterocycles. The first-order valence-corrected chi connectivity index (χ1v) is 14.2. The standard InChI is InChI=1S/C32H36N4O4/c1-19(2)25-17-28(40-32(37)35(4)21-11-13-34(3)14-12-21)26-16-23-22-7-5-6-8-24(22)33-30(23)31(36(25)26)20-9-10-27-29(15-20)39-18-38-27/h5-10,15,17,19,21,31,33H,11-14,16,18H2,1-4H3. The smallest absolute Gasteiger partial charge is 0.415 e. The molecule has 8 heteroatoms. The second kappa shape index (κ2) is 9.63. The number of piperidine rings is 1. The van der Waals surface area contributed by atoms with Crippen LogP contribution in [0.2, 0.25) is 0 Å². The lowest BCUT2D eigenvalue weighted by molar-refractivity contribution is 0.117. The zero-order chi connectivity index (χ0) is 27.5. The molecule has 208 valence electrons. The molecule has 1 unspecified atom stereocenters. The van der Waals surface area contributed by atoms with E-state index in [2.05, 4.69) is 77.8 Å². The number of hydrogen-bond donors (Lipinski definition) is 1. The van der Waals surface area contributed by atoms with Crippen molar-refractivity contribution in [3.05, 3.63) is 76.7 Å². The molecule has 1 N–H and O–H groups in total. The second-order valence-electron chi connectivity index (χ2n) is 11.7. The minimum atomic E-state index is -0.289. The van der Waals surface area contributed by atoms with E-state index >= 15 is 0 Å². The van der Waals surface area contributed by atoms with E-state index in [1.807, 2.05) is 13.1 Å². The van der Waals surface area contributed by atoms with Crippen molar-refractivity contribution < 1.29 is 19.0 Å². The van der Waals surface area contributed by atoms with E-state index in [1.165, 1.54) is 10.9 Å². The van der Waals surface area contributed by atoms with Gasteiger partial charge in [0.05, 0.1) is 11.7 Å². The van der Waals surface area contributed by atoms with E-state index in [0.717, 1.165) is 65.6 Å². The zero-order valence-electron chi connectivity index (χ0n) is 23.6. The number of likely N-dealkylation sites (tertiary alicyclic amines) is 1. The lowest BCUT2D eigenvalue weighted by Crippen LogP contribution is -2.45. The Morgan fingerprint density at radius 3 is 2.65 bits per heavy atom. The van der Waals surface area contributed by atoms with Gasteiger partial charge in [0.1, 0.15) is 0 Å². The topological polar surface area (TPSA) is 72.0 Å². The first kappa shape index (κ1) is 25.1. The minimum Gasteiger partial charge on any atom is -0.454 e. The summed E-state index contributed by atoms with van der Waals surface area (Å²) in [5, 5.41) is 1.20. The monoisotopic (exact) mass is 540 g/mol. The first-order chi connectivity index (χ1) is 19.4. The van der Waals surface area contributed by atoms with Crippen LogP contribution in [0, 0.1) is 0 Å². The van der Waals surface area contributed by atoms with Crippen LogP contribution in [0.5, 0.6) is 17.2 Å². The van der Waals surface area contributed by atoms with Crippen LogP contribution in [-0.4, -0.2) is 65.5 Å². The molecule has 1 atom stereocenters. The molecule has 8 nitrogen and oxygen atoms in total. The molecule has 2 aromatic heterocycles. The Morgan fingerprint density at radius 1 is 1.07 bits per heavy atom. The Kier molecular flexibility index (Phi) is 6.04. The quantitative estimate of drug-likeness (QED) is 0.308. The normalized spacial score (nSPS) is 18.7. The number of nitrogens with one attached hydrogen (secondary N) is 1. The number of benzene rings is 2. The summed E-state index contributed by atoms with van der Waals surface area (Å²) >= 11 is 0. The van der Waals surface area contributed by atoms with E-state index in [9.17, 15) is 4.79 Å². The molecule has 1 amide bonds. The maximum absolute atomic E-state index is 13.5. The predicted octanol–water partition coefficient (Wildman–Crippen LogP) is 5.89. The number of carbonyl (C=O) groups is 1. The molecule has 5 heterocycles. The molecule has 3 aliphatic rings. The number of aromatic amines is 1. The summed E-state index contributed by atoms with van der Waals surface area (Å²) in [6.45, 7) is 6.59. The Balaban J connectivity index is 1.34. The first-order valence-electron chi connectivity index (χ1n) is 14.2. The van der Waals surface area contributed by atoms with Gasteiger partial charge in [-0.15, -0.1) is 0 Å². The van der Waals surface area contributed by atoms with Crippen molar-refractivity contribution in [2.75, 3.05) is 34.0 Å². The predicted molar refractivity (Wildman–Crippen MR) is 154 cm³/mol. The van der Waals surface area contributed by atoms with Crippen LogP contribution in [0.1, 0.15) is 66.9 Å². The molecule has 0 bridgehead atoms. The summed E-state index contributed by atoms with van der Waals surface area (Å²) in [6.07, 6.45) is 2.30. The summed E-state index contributed by atoms with van der Waals surface area (Å²) in [7, 11) is 4.00. The van der Waals surface area contributed by atoms with Gasteiger partial charge in [-0.3, -0.25) is 0 Å². The highest BCUT2D eigenvalue weighted by atomic mass is 16.7. The fourth-order valence-corrected chi connectivity index (χ4v) is 6.61. The van der Waals surface area contributed by atoms with Crippen LogP contribution in [0.3, 0.4) is 0 Å². The molecular weight excluding hydrogens is 504 g/mol. The molecule has 40 heavy (non-hydrogen) atoms. The number of carbonyl (C=O) groups excluding carboxylic acids is 1. The largest absolute Gasteiger partial charge is 0.454 e. The van der Waals surface area contributed by atoms with E-state index < -0.39 is 0 Å². The molecule has 4 aromatic rings.